The zero-order valence-corrected chi connectivity index (χ0v) is 16.3. The number of anilines is 1. The van der Waals surface area contributed by atoms with E-state index in [1.54, 1.807) is 6.20 Å². The quantitative estimate of drug-likeness (QED) is 0.859. The lowest BCUT2D eigenvalue weighted by Gasteiger charge is -2.22. The average molecular weight is 377 g/mol. The Hall–Kier alpha value is -2.65. The smallest absolute Gasteiger partial charge is 0.225 e. The second-order valence-electron chi connectivity index (χ2n) is 8.02. The van der Waals surface area contributed by atoms with Crippen LogP contribution in [-0.2, 0) is 4.79 Å². The third kappa shape index (κ3) is 3.67. The topological polar surface area (TPSA) is 81.0 Å². The first kappa shape index (κ1) is 18.7. The summed E-state index contributed by atoms with van der Waals surface area (Å²) in [5.41, 5.74) is 2.37. The van der Waals surface area contributed by atoms with Gasteiger partial charge in [0.15, 0.2) is 0 Å². The molecule has 146 valence electrons. The summed E-state index contributed by atoms with van der Waals surface area (Å²) in [6.45, 7) is 5.71. The first-order valence-corrected chi connectivity index (χ1v) is 10.2. The van der Waals surface area contributed by atoms with E-state index in [4.69, 9.17) is 0 Å². The molecule has 0 aliphatic carbocycles. The summed E-state index contributed by atoms with van der Waals surface area (Å²) in [5, 5.41) is 17.0. The number of rotatable bonds is 3. The molecule has 3 atom stereocenters. The molecular formula is C22H27N5O. The van der Waals surface area contributed by atoms with Gasteiger partial charge in [0.25, 0.3) is 0 Å². The summed E-state index contributed by atoms with van der Waals surface area (Å²) in [6.07, 6.45) is 4.89. The number of nitriles is 1. The Morgan fingerprint density at radius 1 is 1.29 bits per heavy atom. The average Bonchev–Trinajstić information content (AvgIpc) is 2.92. The highest BCUT2D eigenvalue weighted by Gasteiger charge is 2.36. The first-order valence-electron chi connectivity index (χ1n) is 10.2. The number of benzene rings is 1. The molecule has 2 aliphatic rings. The van der Waals surface area contributed by atoms with Crippen LogP contribution < -0.4 is 15.5 Å². The van der Waals surface area contributed by atoms with Crippen LogP contribution in [0.25, 0.3) is 10.9 Å². The molecule has 2 aliphatic heterocycles. The predicted octanol–water partition coefficient (Wildman–Crippen LogP) is 2.44. The van der Waals surface area contributed by atoms with Crippen LogP contribution in [-0.4, -0.2) is 43.1 Å². The fourth-order valence-corrected chi connectivity index (χ4v) is 4.50. The van der Waals surface area contributed by atoms with Crippen molar-refractivity contribution in [2.24, 2.45) is 11.8 Å². The Bertz CT molecular complexity index is 897. The third-order valence-corrected chi connectivity index (χ3v) is 6.08. The Kier molecular flexibility index (Phi) is 5.45. The van der Waals surface area contributed by atoms with Crippen LogP contribution in [0.4, 0.5) is 5.69 Å². The molecule has 2 fully saturated rings. The number of aromatic nitrogens is 1. The van der Waals surface area contributed by atoms with Crippen LogP contribution >= 0.6 is 0 Å². The zero-order valence-electron chi connectivity index (χ0n) is 16.3. The highest BCUT2D eigenvalue weighted by Crippen LogP contribution is 2.34. The maximum Gasteiger partial charge on any atom is 0.225 e. The van der Waals surface area contributed by atoms with E-state index in [9.17, 15) is 10.1 Å². The second-order valence-corrected chi connectivity index (χ2v) is 8.02. The summed E-state index contributed by atoms with van der Waals surface area (Å²) in [5.74, 6) is 0.447. The van der Waals surface area contributed by atoms with Gasteiger partial charge in [-0.1, -0.05) is 6.92 Å². The molecule has 2 saturated heterocycles. The van der Waals surface area contributed by atoms with Crippen molar-refractivity contribution in [1.29, 1.82) is 5.26 Å². The standard InChI is InChI=1S/C22H27N5O/c1-15-13-27(14-19(15)22(28)26-17-4-2-9-24-11-8-17)20-7-6-16(12-23)21-18(20)5-3-10-25-21/h3,5-7,10,15,17,19,24H,2,4,8-9,11,13-14H2,1H3,(H,26,28). The minimum atomic E-state index is -0.0152. The van der Waals surface area contributed by atoms with Crippen LogP contribution in [0.2, 0.25) is 0 Å². The molecule has 6 heteroatoms. The van der Waals surface area contributed by atoms with Crippen LogP contribution in [0.15, 0.2) is 30.5 Å². The number of nitrogens with zero attached hydrogens (tertiary/aromatic N) is 3. The van der Waals surface area contributed by atoms with Crippen LogP contribution in [0.1, 0.15) is 31.7 Å². The van der Waals surface area contributed by atoms with Gasteiger partial charge in [0, 0.05) is 36.4 Å². The van der Waals surface area contributed by atoms with Crippen molar-refractivity contribution in [1.82, 2.24) is 15.6 Å². The number of nitrogens with one attached hydrogen (secondary N) is 2. The van der Waals surface area contributed by atoms with Gasteiger partial charge in [-0.25, -0.2) is 0 Å². The normalized spacial score (nSPS) is 25.3. The molecule has 0 saturated carbocycles. The maximum absolute atomic E-state index is 13.0. The summed E-state index contributed by atoms with van der Waals surface area (Å²) in [6, 6.07) is 10.2. The van der Waals surface area contributed by atoms with Crippen LogP contribution in [0.3, 0.4) is 0 Å². The van der Waals surface area contributed by atoms with Gasteiger partial charge in [0.1, 0.15) is 6.07 Å². The first-order chi connectivity index (χ1) is 13.7. The lowest BCUT2D eigenvalue weighted by Crippen LogP contribution is -2.41. The number of hydrogen-bond donors (Lipinski definition) is 2. The van der Waals surface area contributed by atoms with Gasteiger partial charge in [-0.05, 0) is 62.5 Å². The highest BCUT2D eigenvalue weighted by molar-refractivity contribution is 5.95. The van der Waals surface area contributed by atoms with E-state index < -0.39 is 0 Å². The molecule has 1 amide bonds. The summed E-state index contributed by atoms with van der Waals surface area (Å²) >= 11 is 0. The Morgan fingerprint density at radius 2 is 2.18 bits per heavy atom. The van der Waals surface area contributed by atoms with E-state index >= 15 is 0 Å². The fourth-order valence-electron chi connectivity index (χ4n) is 4.50. The number of amides is 1. The van der Waals surface area contributed by atoms with Crippen molar-refractivity contribution < 1.29 is 4.79 Å². The molecule has 1 aromatic heterocycles. The predicted molar refractivity (Wildman–Crippen MR) is 110 cm³/mol. The molecule has 3 unspecified atom stereocenters. The van der Waals surface area contributed by atoms with Crippen LogP contribution in [0, 0.1) is 23.2 Å². The van der Waals surface area contributed by atoms with E-state index in [0.717, 1.165) is 55.5 Å². The lowest BCUT2D eigenvalue weighted by atomic mass is 9.96. The highest BCUT2D eigenvalue weighted by atomic mass is 16.2. The van der Waals surface area contributed by atoms with Crippen molar-refractivity contribution >= 4 is 22.5 Å². The van der Waals surface area contributed by atoms with E-state index in [1.807, 2.05) is 24.3 Å². The largest absolute Gasteiger partial charge is 0.370 e. The molecule has 3 heterocycles. The second kappa shape index (κ2) is 8.15. The Balaban J connectivity index is 1.52. The fraction of sp³-hybridized carbons (Fsp3) is 0.500. The van der Waals surface area contributed by atoms with Crippen molar-refractivity contribution in [2.45, 2.75) is 32.2 Å². The molecule has 4 rings (SSSR count). The number of fused-ring (bicyclic) bond motifs is 1. The molecule has 2 aromatic rings. The molecule has 1 aromatic carbocycles. The summed E-state index contributed by atoms with van der Waals surface area (Å²) in [7, 11) is 0. The van der Waals surface area contributed by atoms with Gasteiger partial charge in [0.05, 0.1) is 17.0 Å². The van der Waals surface area contributed by atoms with Crippen molar-refractivity contribution in [3.05, 3.63) is 36.0 Å². The number of carbonyl (C=O) groups excluding carboxylic acids is 1. The molecule has 0 spiro atoms. The number of hydrogen-bond acceptors (Lipinski definition) is 5. The van der Waals surface area contributed by atoms with Crippen molar-refractivity contribution in [3.8, 4) is 6.07 Å². The van der Waals surface area contributed by atoms with E-state index in [2.05, 4.69) is 33.5 Å². The summed E-state index contributed by atoms with van der Waals surface area (Å²) in [4.78, 5) is 19.6. The zero-order chi connectivity index (χ0) is 19.5. The Morgan fingerprint density at radius 3 is 3.04 bits per heavy atom. The molecule has 0 radical (unpaired) electrons. The monoisotopic (exact) mass is 377 g/mol. The van der Waals surface area contributed by atoms with E-state index in [-0.39, 0.29) is 23.8 Å². The molecular weight excluding hydrogens is 350 g/mol. The lowest BCUT2D eigenvalue weighted by molar-refractivity contribution is -0.126. The number of pyridine rings is 1. The molecule has 2 N–H and O–H groups in total. The van der Waals surface area contributed by atoms with Gasteiger partial charge in [-0.2, -0.15) is 5.26 Å². The number of carbonyl (C=O) groups is 1. The molecule has 6 nitrogen and oxygen atoms in total. The van der Waals surface area contributed by atoms with Gasteiger partial charge in [-0.15, -0.1) is 0 Å². The van der Waals surface area contributed by atoms with Crippen LogP contribution in [0.5, 0.6) is 0 Å². The third-order valence-electron chi connectivity index (χ3n) is 6.08. The minimum absolute atomic E-state index is 0.0152. The maximum atomic E-state index is 13.0. The van der Waals surface area contributed by atoms with E-state index in [1.165, 1.54) is 0 Å². The molecule has 28 heavy (non-hydrogen) atoms. The van der Waals surface area contributed by atoms with Crippen molar-refractivity contribution in [2.75, 3.05) is 31.1 Å². The summed E-state index contributed by atoms with van der Waals surface area (Å²) < 4.78 is 0. The SMILES string of the molecule is CC1CN(c2ccc(C#N)c3ncccc23)CC1C(=O)NC1CCCNCC1. The van der Waals surface area contributed by atoms with E-state index in [0.29, 0.717) is 12.1 Å². The minimum Gasteiger partial charge on any atom is -0.370 e. The van der Waals surface area contributed by atoms with Gasteiger partial charge in [-0.3, -0.25) is 9.78 Å². The van der Waals surface area contributed by atoms with Crippen molar-refractivity contribution in [3.63, 3.8) is 0 Å². The van der Waals surface area contributed by atoms with Gasteiger partial charge in [0.2, 0.25) is 5.91 Å². The van der Waals surface area contributed by atoms with Gasteiger partial charge < -0.3 is 15.5 Å². The Labute approximate surface area is 165 Å². The van der Waals surface area contributed by atoms with Gasteiger partial charge >= 0.3 is 0 Å². The molecule has 0 bridgehead atoms.